The molecule has 200 valence electrons. The Labute approximate surface area is 216 Å². The SMILES string of the molecule is CCCCCCCCCCCCCCCCCCCC(=O)NCCC1CNc2ccc(OC)cc21. The van der Waals surface area contributed by atoms with Crippen LogP contribution in [-0.2, 0) is 4.79 Å². The molecule has 1 heterocycles. The second kappa shape index (κ2) is 19.5. The van der Waals surface area contributed by atoms with Crippen molar-refractivity contribution in [1.82, 2.24) is 5.32 Å². The molecule has 4 nitrogen and oxygen atoms in total. The molecule has 0 saturated carbocycles. The molecule has 0 fully saturated rings. The minimum absolute atomic E-state index is 0.211. The number of methoxy groups -OCH3 is 1. The van der Waals surface area contributed by atoms with Crippen molar-refractivity contribution in [2.75, 3.05) is 25.5 Å². The molecule has 0 bridgehead atoms. The third-order valence-electron chi connectivity index (χ3n) is 7.56. The first-order chi connectivity index (χ1) is 17.2. The smallest absolute Gasteiger partial charge is 0.219 e. The quantitative estimate of drug-likeness (QED) is 0.161. The lowest BCUT2D eigenvalue weighted by Gasteiger charge is -2.12. The van der Waals surface area contributed by atoms with Crippen molar-refractivity contribution in [3.8, 4) is 5.75 Å². The molecule has 35 heavy (non-hydrogen) atoms. The van der Waals surface area contributed by atoms with Crippen molar-refractivity contribution < 1.29 is 9.53 Å². The Kier molecular flexibility index (Phi) is 16.4. The van der Waals surface area contributed by atoms with Crippen molar-refractivity contribution in [3.63, 3.8) is 0 Å². The van der Waals surface area contributed by atoms with Gasteiger partial charge >= 0.3 is 0 Å². The largest absolute Gasteiger partial charge is 0.497 e. The van der Waals surface area contributed by atoms with Crippen LogP contribution in [-0.4, -0.2) is 26.1 Å². The molecule has 1 aliphatic heterocycles. The molecule has 0 spiro atoms. The summed E-state index contributed by atoms with van der Waals surface area (Å²) in [5, 5.41) is 6.58. The summed E-state index contributed by atoms with van der Waals surface area (Å²) in [7, 11) is 1.71. The van der Waals surface area contributed by atoms with Crippen LogP contribution >= 0.6 is 0 Å². The van der Waals surface area contributed by atoms with E-state index in [0.29, 0.717) is 12.3 Å². The first kappa shape index (κ1) is 29.5. The monoisotopic (exact) mass is 486 g/mol. The number of benzene rings is 1. The van der Waals surface area contributed by atoms with Crippen molar-refractivity contribution in [2.45, 2.75) is 135 Å². The number of carbonyl (C=O) groups is 1. The van der Waals surface area contributed by atoms with Gasteiger partial charge in [0.25, 0.3) is 0 Å². The lowest BCUT2D eigenvalue weighted by molar-refractivity contribution is -0.121. The zero-order chi connectivity index (χ0) is 25.0. The van der Waals surface area contributed by atoms with Gasteiger partial charge in [-0.3, -0.25) is 4.79 Å². The minimum Gasteiger partial charge on any atom is -0.497 e. The molecular formula is C31H54N2O2. The van der Waals surface area contributed by atoms with Crippen LogP contribution in [0, 0.1) is 0 Å². The predicted octanol–water partition coefficient (Wildman–Crippen LogP) is 8.75. The Bertz CT molecular complexity index is 676. The highest BCUT2D eigenvalue weighted by Gasteiger charge is 2.22. The van der Waals surface area contributed by atoms with E-state index < -0.39 is 0 Å². The Morgan fingerprint density at radius 3 is 1.94 bits per heavy atom. The maximum atomic E-state index is 12.2. The van der Waals surface area contributed by atoms with Gasteiger partial charge in [-0.05, 0) is 36.6 Å². The molecule has 1 aromatic rings. The highest BCUT2D eigenvalue weighted by molar-refractivity contribution is 5.75. The minimum atomic E-state index is 0.211. The maximum Gasteiger partial charge on any atom is 0.219 e. The summed E-state index contributed by atoms with van der Waals surface area (Å²) < 4.78 is 5.36. The third-order valence-corrected chi connectivity index (χ3v) is 7.56. The van der Waals surface area contributed by atoms with Gasteiger partial charge in [-0.2, -0.15) is 0 Å². The van der Waals surface area contributed by atoms with Crippen LogP contribution in [0.3, 0.4) is 0 Å². The molecule has 4 heteroatoms. The molecule has 1 unspecified atom stereocenters. The lowest BCUT2D eigenvalue weighted by atomic mass is 9.97. The van der Waals surface area contributed by atoms with Gasteiger partial charge in [0.05, 0.1) is 7.11 Å². The van der Waals surface area contributed by atoms with E-state index in [2.05, 4.69) is 29.7 Å². The van der Waals surface area contributed by atoms with Gasteiger partial charge in [0, 0.05) is 31.1 Å². The average molecular weight is 487 g/mol. The average Bonchev–Trinajstić information content (AvgIpc) is 3.28. The molecule has 0 radical (unpaired) electrons. The summed E-state index contributed by atoms with van der Waals surface area (Å²) in [5.74, 6) is 1.56. The normalized spacial score (nSPS) is 14.5. The molecule has 2 rings (SSSR count). The molecule has 1 aliphatic rings. The van der Waals surface area contributed by atoms with Gasteiger partial charge in [0.15, 0.2) is 0 Å². The molecule has 1 amide bonds. The van der Waals surface area contributed by atoms with Gasteiger partial charge in [-0.1, -0.05) is 110 Å². The Hall–Kier alpha value is -1.71. The standard InChI is InChI=1S/C31H54N2O2/c1-3-4-5-6-7-8-9-10-11-12-13-14-15-16-17-18-19-20-31(34)32-24-23-27-26-33-30-22-21-28(35-2)25-29(27)30/h21-22,25,27,33H,3-20,23-24,26H2,1-2H3,(H,32,34). The van der Waals surface area contributed by atoms with Crippen molar-refractivity contribution in [2.24, 2.45) is 0 Å². The summed E-state index contributed by atoms with van der Waals surface area (Å²) in [5.41, 5.74) is 2.51. The molecular weight excluding hydrogens is 432 g/mol. The fraction of sp³-hybridized carbons (Fsp3) is 0.774. The van der Waals surface area contributed by atoms with Gasteiger partial charge in [0.2, 0.25) is 5.91 Å². The summed E-state index contributed by atoms with van der Waals surface area (Å²) in [4.78, 5) is 12.2. The number of hydrogen-bond acceptors (Lipinski definition) is 3. The number of fused-ring (bicyclic) bond motifs is 1. The first-order valence-corrected chi connectivity index (χ1v) is 14.9. The first-order valence-electron chi connectivity index (χ1n) is 14.9. The van der Waals surface area contributed by atoms with Crippen molar-refractivity contribution >= 4 is 11.6 Å². The number of unbranched alkanes of at least 4 members (excludes halogenated alkanes) is 16. The van der Waals surface area contributed by atoms with Crippen molar-refractivity contribution in [3.05, 3.63) is 23.8 Å². The van der Waals surface area contributed by atoms with E-state index in [-0.39, 0.29) is 5.91 Å². The van der Waals surface area contributed by atoms with E-state index in [1.807, 2.05) is 6.07 Å². The number of hydrogen-bond donors (Lipinski definition) is 2. The van der Waals surface area contributed by atoms with E-state index in [4.69, 9.17) is 4.74 Å². The Morgan fingerprint density at radius 1 is 0.857 bits per heavy atom. The van der Waals surface area contributed by atoms with Gasteiger partial charge in [-0.25, -0.2) is 0 Å². The van der Waals surface area contributed by atoms with E-state index in [1.54, 1.807) is 7.11 Å². The fourth-order valence-electron chi connectivity index (χ4n) is 5.25. The number of rotatable bonds is 22. The van der Waals surface area contributed by atoms with Crippen LogP contribution in [0.25, 0.3) is 0 Å². The molecule has 0 saturated heterocycles. The number of anilines is 1. The number of ether oxygens (including phenoxy) is 1. The third kappa shape index (κ3) is 13.2. The Balaban J connectivity index is 1.33. The zero-order valence-electron chi connectivity index (χ0n) is 23.0. The van der Waals surface area contributed by atoms with Gasteiger partial charge in [-0.15, -0.1) is 0 Å². The zero-order valence-corrected chi connectivity index (χ0v) is 23.0. The van der Waals surface area contributed by atoms with E-state index in [1.165, 1.54) is 114 Å². The van der Waals surface area contributed by atoms with Crippen LogP contribution < -0.4 is 15.4 Å². The van der Waals surface area contributed by atoms with Crippen LogP contribution in [0.1, 0.15) is 140 Å². The molecule has 1 aromatic carbocycles. The van der Waals surface area contributed by atoms with E-state index in [9.17, 15) is 4.79 Å². The molecule has 1 atom stereocenters. The molecule has 2 N–H and O–H groups in total. The fourth-order valence-corrected chi connectivity index (χ4v) is 5.25. The van der Waals surface area contributed by atoms with Crippen LogP contribution in [0.5, 0.6) is 5.75 Å². The summed E-state index contributed by atoms with van der Waals surface area (Å²) >= 11 is 0. The number of nitrogens with one attached hydrogen (secondary N) is 2. The Morgan fingerprint density at radius 2 is 1.40 bits per heavy atom. The van der Waals surface area contributed by atoms with Gasteiger partial charge < -0.3 is 15.4 Å². The van der Waals surface area contributed by atoms with E-state index in [0.717, 1.165) is 31.7 Å². The number of carbonyl (C=O) groups excluding carboxylic acids is 1. The highest BCUT2D eigenvalue weighted by atomic mass is 16.5. The van der Waals surface area contributed by atoms with Gasteiger partial charge in [0.1, 0.15) is 5.75 Å². The summed E-state index contributed by atoms with van der Waals surface area (Å²) in [6.45, 7) is 3.98. The summed E-state index contributed by atoms with van der Waals surface area (Å²) in [6.07, 6.45) is 24.9. The van der Waals surface area contributed by atoms with Crippen LogP contribution in [0.2, 0.25) is 0 Å². The summed E-state index contributed by atoms with van der Waals surface area (Å²) in [6, 6.07) is 6.21. The van der Waals surface area contributed by atoms with Crippen molar-refractivity contribution in [1.29, 1.82) is 0 Å². The lowest BCUT2D eigenvalue weighted by Crippen LogP contribution is -2.25. The maximum absolute atomic E-state index is 12.2. The molecule has 0 aromatic heterocycles. The predicted molar refractivity (Wildman–Crippen MR) is 151 cm³/mol. The second-order valence-electron chi connectivity index (χ2n) is 10.6. The highest BCUT2D eigenvalue weighted by Crippen LogP contribution is 2.35. The van der Waals surface area contributed by atoms with Crippen LogP contribution in [0.4, 0.5) is 5.69 Å². The number of amides is 1. The van der Waals surface area contributed by atoms with E-state index >= 15 is 0 Å². The second-order valence-corrected chi connectivity index (χ2v) is 10.6. The van der Waals surface area contributed by atoms with Crippen LogP contribution in [0.15, 0.2) is 18.2 Å². The topological polar surface area (TPSA) is 50.4 Å². The molecule has 0 aliphatic carbocycles.